The van der Waals surface area contributed by atoms with Crippen LogP contribution in [0.15, 0.2) is 18.2 Å². The molecule has 0 aliphatic rings. The Morgan fingerprint density at radius 2 is 1.96 bits per heavy atom. The Labute approximate surface area is 151 Å². The van der Waals surface area contributed by atoms with Gasteiger partial charge in [-0.15, -0.1) is 0 Å². The zero-order valence-corrected chi connectivity index (χ0v) is 15.9. The highest BCUT2D eigenvalue weighted by Crippen LogP contribution is 2.24. The molecule has 130 valence electrons. The summed E-state index contributed by atoms with van der Waals surface area (Å²) in [5, 5.41) is 5.11. The van der Waals surface area contributed by atoms with E-state index in [1.54, 1.807) is 18.2 Å². The van der Waals surface area contributed by atoms with Gasteiger partial charge < -0.3 is 4.74 Å². The third-order valence-electron chi connectivity index (χ3n) is 3.40. The van der Waals surface area contributed by atoms with Crippen LogP contribution in [0.5, 0.6) is 0 Å². The second kappa shape index (κ2) is 7.11. The SMILES string of the molecule is CC(C)c1cc(C(=O)OCc2nc(Cl)ccc2Cl)nn1C(C)(C)C. The molecule has 5 nitrogen and oxygen atoms in total. The summed E-state index contributed by atoms with van der Waals surface area (Å²) in [4.78, 5) is 16.4. The molecule has 0 aliphatic carbocycles. The number of hydrogen-bond donors (Lipinski definition) is 0. The van der Waals surface area contributed by atoms with Crippen molar-refractivity contribution in [3.63, 3.8) is 0 Å². The van der Waals surface area contributed by atoms with Gasteiger partial charge in [0, 0.05) is 5.69 Å². The molecule has 2 aromatic heterocycles. The highest BCUT2D eigenvalue weighted by Gasteiger charge is 2.24. The number of esters is 1. The molecular formula is C17H21Cl2N3O2. The van der Waals surface area contributed by atoms with Crippen molar-refractivity contribution in [2.24, 2.45) is 0 Å². The van der Waals surface area contributed by atoms with Gasteiger partial charge in [0.05, 0.1) is 16.3 Å². The first-order valence-corrected chi connectivity index (χ1v) is 8.43. The van der Waals surface area contributed by atoms with Crippen molar-refractivity contribution in [1.82, 2.24) is 14.8 Å². The number of aromatic nitrogens is 3. The molecule has 0 saturated carbocycles. The molecule has 0 spiro atoms. The zero-order chi connectivity index (χ0) is 18.1. The number of nitrogens with zero attached hydrogens (tertiary/aromatic N) is 3. The summed E-state index contributed by atoms with van der Waals surface area (Å²) in [6.07, 6.45) is 0. The fourth-order valence-corrected chi connectivity index (χ4v) is 2.54. The Morgan fingerprint density at radius 3 is 2.50 bits per heavy atom. The number of rotatable bonds is 4. The fraction of sp³-hybridized carbons (Fsp3) is 0.471. The van der Waals surface area contributed by atoms with Crippen molar-refractivity contribution in [3.8, 4) is 0 Å². The zero-order valence-electron chi connectivity index (χ0n) is 14.4. The molecule has 24 heavy (non-hydrogen) atoms. The third-order valence-corrected chi connectivity index (χ3v) is 3.95. The minimum atomic E-state index is -0.516. The quantitative estimate of drug-likeness (QED) is 0.572. The van der Waals surface area contributed by atoms with Crippen molar-refractivity contribution < 1.29 is 9.53 Å². The Kier molecular flexibility index (Phi) is 5.56. The molecular weight excluding hydrogens is 349 g/mol. The topological polar surface area (TPSA) is 57.0 Å². The van der Waals surface area contributed by atoms with Gasteiger partial charge >= 0.3 is 5.97 Å². The van der Waals surface area contributed by atoms with Crippen LogP contribution in [0.2, 0.25) is 10.2 Å². The number of halogens is 2. The lowest BCUT2D eigenvalue weighted by atomic mass is 10.1. The second-order valence-electron chi connectivity index (χ2n) is 6.83. The Bertz CT molecular complexity index is 749. The van der Waals surface area contributed by atoms with Crippen molar-refractivity contribution >= 4 is 29.2 Å². The van der Waals surface area contributed by atoms with Crippen LogP contribution in [0.1, 0.15) is 62.4 Å². The minimum absolute atomic E-state index is 0.0579. The Balaban J connectivity index is 2.20. The predicted molar refractivity (Wildman–Crippen MR) is 94.7 cm³/mol. The average molecular weight is 370 g/mol. The van der Waals surface area contributed by atoms with E-state index in [4.69, 9.17) is 27.9 Å². The van der Waals surface area contributed by atoms with Crippen molar-refractivity contribution in [1.29, 1.82) is 0 Å². The largest absolute Gasteiger partial charge is 0.454 e. The van der Waals surface area contributed by atoms with Crippen LogP contribution in [-0.2, 0) is 16.9 Å². The molecule has 0 saturated heterocycles. The highest BCUT2D eigenvalue weighted by atomic mass is 35.5. The van der Waals surface area contributed by atoms with Crippen molar-refractivity contribution in [2.75, 3.05) is 0 Å². The van der Waals surface area contributed by atoms with E-state index in [9.17, 15) is 4.79 Å². The molecule has 2 rings (SSSR count). The standard InChI is InChI=1S/C17H21Cl2N3O2/c1-10(2)14-8-12(21-22(14)17(3,4)5)16(23)24-9-13-11(18)6-7-15(19)20-13/h6-8,10H,9H2,1-5H3. The summed E-state index contributed by atoms with van der Waals surface area (Å²) in [5.41, 5.74) is 1.44. The number of ether oxygens (including phenoxy) is 1. The minimum Gasteiger partial charge on any atom is -0.454 e. The molecule has 0 amide bonds. The van der Waals surface area contributed by atoms with E-state index in [1.165, 1.54) is 0 Å². The first kappa shape index (κ1) is 18.7. The number of carbonyl (C=O) groups excluding carboxylic acids is 1. The molecule has 0 radical (unpaired) electrons. The van der Waals surface area contributed by atoms with E-state index in [1.807, 2.05) is 25.5 Å². The summed E-state index contributed by atoms with van der Waals surface area (Å²) in [6, 6.07) is 4.96. The van der Waals surface area contributed by atoms with Crippen LogP contribution >= 0.6 is 23.2 Å². The predicted octanol–water partition coefficient (Wildman–Crippen LogP) is 4.82. The molecule has 0 aromatic carbocycles. The van der Waals surface area contributed by atoms with E-state index in [-0.39, 0.29) is 23.8 Å². The van der Waals surface area contributed by atoms with Crippen molar-refractivity contribution in [2.45, 2.75) is 52.7 Å². The number of hydrogen-bond acceptors (Lipinski definition) is 4. The summed E-state index contributed by atoms with van der Waals surface area (Å²) >= 11 is 11.9. The second-order valence-corrected chi connectivity index (χ2v) is 7.62. The average Bonchev–Trinajstić information content (AvgIpc) is 2.93. The lowest BCUT2D eigenvalue weighted by molar-refractivity contribution is 0.0459. The molecule has 0 N–H and O–H groups in total. The van der Waals surface area contributed by atoms with Crippen LogP contribution in [0.3, 0.4) is 0 Å². The highest BCUT2D eigenvalue weighted by molar-refractivity contribution is 6.32. The van der Waals surface area contributed by atoms with E-state index >= 15 is 0 Å². The first-order chi connectivity index (χ1) is 11.1. The van der Waals surface area contributed by atoms with Crippen molar-refractivity contribution in [3.05, 3.63) is 45.5 Å². The van der Waals surface area contributed by atoms with Crippen LogP contribution in [0, 0.1) is 0 Å². The number of carbonyl (C=O) groups is 1. The first-order valence-electron chi connectivity index (χ1n) is 7.68. The Hall–Kier alpha value is -1.59. The smallest absolute Gasteiger partial charge is 0.359 e. The maximum Gasteiger partial charge on any atom is 0.359 e. The van der Waals surface area contributed by atoms with Gasteiger partial charge in [-0.2, -0.15) is 5.10 Å². The lowest BCUT2D eigenvalue weighted by Crippen LogP contribution is -2.26. The van der Waals surface area contributed by atoms with Crippen LogP contribution in [0.25, 0.3) is 0 Å². The van der Waals surface area contributed by atoms with Gasteiger partial charge in [-0.05, 0) is 44.9 Å². The molecule has 0 bridgehead atoms. The van der Waals surface area contributed by atoms with Crippen LogP contribution < -0.4 is 0 Å². The summed E-state index contributed by atoms with van der Waals surface area (Å²) in [5.74, 6) is -0.278. The summed E-state index contributed by atoms with van der Waals surface area (Å²) < 4.78 is 7.15. The van der Waals surface area contributed by atoms with Crippen LogP contribution in [-0.4, -0.2) is 20.7 Å². The number of pyridine rings is 1. The summed E-state index contributed by atoms with van der Waals surface area (Å²) in [6.45, 7) is 10.2. The fourth-order valence-electron chi connectivity index (χ4n) is 2.21. The molecule has 0 fully saturated rings. The molecule has 2 aromatic rings. The van der Waals surface area contributed by atoms with E-state index in [0.29, 0.717) is 15.9 Å². The molecule has 0 aliphatic heterocycles. The monoisotopic (exact) mass is 369 g/mol. The van der Waals surface area contributed by atoms with Gasteiger partial charge in [0.25, 0.3) is 0 Å². The molecule has 0 atom stereocenters. The summed E-state index contributed by atoms with van der Waals surface area (Å²) in [7, 11) is 0. The van der Waals surface area contributed by atoms with E-state index in [0.717, 1.165) is 5.69 Å². The van der Waals surface area contributed by atoms with E-state index in [2.05, 4.69) is 23.9 Å². The third kappa shape index (κ3) is 4.28. The van der Waals surface area contributed by atoms with E-state index < -0.39 is 5.97 Å². The van der Waals surface area contributed by atoms with Gasteiger partial charge in [0.2, 0.25) is 0 Å². The van der Waals surface area contributed by atoms with Gasteiger partial charge in [-0.25, -0.2) is 9.78 Å². The maximum absolute atomic E-state index is 12.3. The van der Waals surface area contributed by atoms with Gasteiger partial charge in [0.1, 0.15) is 11.8 Å². The normalized spacial score (nSPS) is 11.8. The van der Waals surface area contributed by atoms with Gasteiger partial charge in [-0.3, -0.25) is 4.68 Å². The lowest BCUT2D eigenvalue weighted by Gasteiger charge is -2.23. The molecule has 2 heterocycles. The van der Waals surface area contributed by atoms with Gasteiger partial charge in [-0.1, -0.05) is 37.0 Å². The Morgan fingerprint density at radius 1 is 1.29 bits per heavy atom. The molecule has 0 unspecified atom stereocenters. The molecule has 7 heteroatoms. The van der Waals surface area contributed by atoms with Crippen LogP contribution in [0.4, 0.5) is 0 Å². The maximum atomic E-state index is 12.3. The van der Waals surface area contributed by atoms with Gasteiger partial charge in [0.15, 0.2) is 5.69 Å².